The zero-order valence-corrected chi connectivity index (χ0v) is 10.2. The quantitative estimate of drug-likeness (QED) is 0.669. The first-order chi connectivity index (χ1) is 7.74. The van der Waals surface area contributed by atoms with Crippen LogP contribution >= 0.6 is 0 Å². The van der Waals surface area contributed by atoms with Gasteiger partial charge in [0.05, 0.1) is 12.2 Å². The first kappa shape index (κ1) is 12.3. The minimum Gasteiger partial charge on any atom is -0.396 e. The lowest BCUT2D eigenvalue weighted by Crippen LogP contribution is -2.60. The van der Waals surface area contributed by atoms with Gasteiger partial charge in [0.2, 0.25) is 0 Å². The summed E-state index contributed by atoms with van der Waals surface area (Å²) in [5.41, 5.74) is 0.176. The van der Waals surface area contributed by atoms with Crippen LogP contribution in [0.25, 0.3) is 0 Å². The molecule has 2 saturated carbocycles. The highest BCUT2D eigenvalue weighted by Crippen LogP contribution is 2.44. The predicted octanol–water partition coefficient (Wildman–Crippen LogP) is 0.541. The van der Waals surface area contributed by atoms with Gasteiger partial charge in [-0.2, -0.15) is 0 Å². The number of ether oxygens (including phenoxy) is 2. The Balaban J connectivity index is 1.71. The van der Waals surface area contributed by atoms with Crippen LogP contribution in [0, 0.1) is 5.41 Å². The van der Waals surface area contributed by atoms with Crippen LogP contribution in [0.4, 0.5) is 0 Å². The monoisotopic (exact) mass is 229 g/mol. The van der Waals surface area contributed by atoms with Crippen LogP contribution in [0.3, 0.4) is 0 Å². The third-order valence-electron chi connectivity index (χ3n) is 3.93. The van der Waals surface area contributed by atoms with Crippen LogP contribution < -0.4 is 5.32 Å². The minimum absolute atomic E-state index is 0.175. The lowest BCUT2D eigenvalue weighted by Gasteiger charge is -2.44. The van der Waals surface area contributed by atoms with E-state index in [0.717, 1.165) is 32.4 Å². The fraction of sp³-hybridized carbons (Fsp3) is 1.00. The number of nitrogens with one attached hydrogen (secondary N) is 1. The Hall–Kier alpha value is -0.160. The molecule has 3 atom stereocenters. The van der Waals surface area contributed by atoms with E-state index in [0.29, 0.717) is 12.6 Å². The zero-order valence-electron chi connectivity index (χ0n) is 10.2. The Morgan fingerprint density at radius 2 is 2.19 bits per heavy atom. The smallest absolute Gasteiger partial charge is 0.0986 e. The maximum atomic E-state index is 9.22. The van der Waals surface area contributed by atoms with Crippen molar-refractivity contribution >= 4 is 0 Å². The molecule has 0 spiro atoms. The van der Waals surface area contributed by atoms with Crippen molar-refractivity contribution < 1.29 is 14.6 Å². The van der Waals surface area contributed by atoms with Crippen LogP contribution in [0.5, 0.6) is 0 Å². The molecule has 2 rings (SSSR count). The van der Waals surface area contributed by atoms with E-state index in [-0.39, 0.29) is 17.6 Å². The van der Waals surface area contributed by atoms with E-state index < -0.39 is 0 Å². The summed E-state index contributed by atoms with van der Waals surface area (Å²) in [6.45, 7) is 3.97. The van der Waals surface area contributed by atoms with Crippen molar-refractivity contribution in [3.8, 4) is 0 Å². The van der Waals surface area contributed by atoms with Crippen molar-refractivity contribution in [1.82, 2.24) is 5.32 Å². The molecule has 2 aliphatic carbocycles. The summed E-state index contributed by atoms with van der Waals surface area (Å²) < 4.78 is 11.0. The van der Waals surface area contributed by atoms with Gasteiger partial charge in [-0.25, -0.2) is 0 Å². The van der Waals surface area contributed by atoms with Gasteiger partial charge in [-0.3, -0.25) is 0 Å². The van der Waals surface area contributed by atoms with Gasteiger partial charge in [-0.15, -0.1) is 0 Å². The van der Waals surface area contributed by atoms with E-state index in [1.165, 1.54) is 0 Å². The van der Waals surface area contributed by atoms with Crippen molar-refractivity contribution in [2.75, 3.05) is 26.9 Å². The first-order valence-electron chi connectivity index (χ1n) is 6.23. The van der Waals surface area contributed by atoms with Gasteiger partial charge in [0.15, 0.2) is 0 Å². The van der Waals surface area contributed by atoms with Crippen molar-refractivity contribution in [1.29, 1.82) is 0 Å². The molecule has 0 aromatic rings. The maximum Gasteiger partial charge on any atom is 0.0986 e. The molecule has 0 aromatic heterocycles. The predicted molar refractivity (Wildman–Crippen MR) is 61.4 cm³/mol. The van der Waals surface area contributed by atoms with E-state index in [2.05, 4.69) is 5.32 Å². The molecule has 0 bridgehead atoms. The molecule has 0 saturated heterocycles. The molecule has 0 aromatic carbocycles. The molecular formula is C12H23NO3. The summed E-state index contributed by atoms with van der Waals surface area (Å²) in [4.78, 5) is 0. The number of aliphatic hydroxyl groups excluding tert-OH is 1. The number of hydrogen-bond acceptors (Lipinski definition) is 4. The summed E-state index contributed by atoms with van der Waals surface area (Å²) in [5.74, 6) is 0. The van der Waals surface area contributed by atoms with Crippen molar-refractivity contribution in [3.05, 3.63) is 0 Å². The Morgan fingerprint density at radius 3 is 2.69 bits per heavy atom. The molecule has 0 radical (unpaired) electrons. The molecule has 0 amide bonds. The lowest BCUT2D eigenvalue weighted by atomic mass is 9.84. The molecule has 16 heavy (non-hydrogen) atoms. The van der Waals surface area contributed by atoms with E-state index in [9.17, 15) is 5.11 Å². The molecule has 0 aliphatic heterocycles. The van der Waals surface area contributed by atoms with Crippen LogP contribution in [0.2, 0.25) is 0 Å². The summed E-state index contributed by atoms with van der Waals surface area (Å²) in [5, 5.41) is 12.7. The number of rotatable bonds is 7. The third-order valence-corrected chi connectivity index (χ3v) is 3.93. The van der Waals surface area contributed by atoms with Crippen LogP contribution in [-0.4, -0.2) is 50.2 Å². The summed E-state index contributed by atoms with van der Waals surface area (Å²) >= 11 is 0. The lowest BCUT2D eigenvalue weighted by molar-refractivity contribution is -0.132. The molecule has 3 unspecified atom stereocenters. The van der Waals surface area contributed by atoms with Gasteiger partial charge < -0.3 is 19.9 Å². The van der Waals surface area contributed by atoms with Crippen molar-refractivity contribution in [2.45, 2.75) is 44.4 Å². The van der Waals surface area contributed by atoms with Gasteiger partial charge in [0, 0.05) is 38.3 Å². The molecule has 2 aliphatic rings. The second kappa shape index (κ2) is 5.00. The van der Waals surface area contributed by atoms with Crippen LogP contribution in [-0.2, 0) is 9.47 Å². The Morgan fingerprint density at radius 1 is 1.44 bits per heavy atom. The fourth-order valence-corrected chi connectivity index (χ4v) is 2.39. The van der Waals surface area contributed by atoms with Crippen LogP contribution in [0.15, 0.2) is 0 Å². The normalized spacial score (nSPS) is 35.8. The summed E-state index contributed by atoms with van der Waals surface area (Å²) in [7, 11) is 1.74. The number of methoxy groups -OCH3 is 1. The molecule has 94 valence electrons. The molecule has 2 N–H and O–H groups in total. The van der Waals surface area contributed by atoms with Crippen molar-refractivity contribution in [2.24, 2.45) is 5.41 Å². The topological polar surface area (TPSA) is 50.7 Å². The zero-order chi connectivity index (χ0) is 11.6. The fourth-order valence-electron chi connectivity index (χ4n) is 2.39. The highest BCUT2D eigenvalue weighted by Gasteiger charge is 2.46. The maximum absolute atomic E-state index is 9.22. The molecule has 4 heteroatoms. The van der Waals surface area contributed by atoms with E-state index in [1.807, 2.05) is 6.92 Å². The molecular weight excluding hydrogens is 206 g/mol. The Labute approximate surface area is 97.3 Å². The standard InChI is InChI=1S/C12H23NO3/c1-3-16-10-6-9(11(10)15-2)13-7-12(8-14)4-5-12/h9-11,13-14H,3-8H2,1-2H3. The van der Waals surface area contributed by atoms with Crippen LogP contribution in [0.1, 0.15) is 26.2 Å². The second-order valence-corrected chi connectivity index (χ2v) is 5.08. The van der Waals surface area contributed by atoms with E-state index in [1.54, 1.807) is 7.11 Å². The Bertz CT molecular complexity index is 230. The Kier molecular flexibility index (Phi) is 3.85. The SMILES string of the molecule is CCOC1CC(NCC2(CO)CC2)C1OC. The average Bonchev–Trinajstić information content (AvgIpc) is 3.03. The van der Waals surface area contributed by atoms with Crippen molar-refractivity contribution in [3.63, 3.8) is 0 Å². The van der Waals surface area contributed by atoms with E-state index >= 15 is 0 Å². The van der Waals surface area contributed by atoms with Gasteiger partial charge in [0.25, 0.3) is 0 Å². The largest absolute Gasteiger partial charge is 0.396 e. The third kappa shape index (κ3) is 2.40. The molecule has 2 fully saturated rings. The minimum atomic E-state index is 0.175. The number of aliphatic hydroxyl groups is 1. The van der Waals surface area contributed by atoms with Gasteiger partial charge >= 0.3 is 0 Å². The van der Waals surface area contributed by atoms with Gasteiger partial charge in [0.1, 0.15) is 0 Å². The summed E-state index contributed by atoms with van der Waals surface area (Å²) in [6, 6.07) is 0.394. The molecule has 4 nitrogen and oxygen atoms in total. The van der Waals surface area contributed by atoms with Gasteiger partial charge in [-0.1, -0.05) is 0 Å². The molecule has 0 heterocycles. The highest BCUT2D eigenvalue weighted by molar-refractivity contribution is 5.01. The van der Waals surface area contributed by atoms with Gasteiger partial charge in [-0.05, 0) is 26.2 Å². The average molecular weight is 229 g/mol. The summed E-state index contributed by atoms with van der Waals surface area (Å²) in [6.07, 6.45) is 3.74. The highest BCUT2D eigenvalue weighted by atomic mass is 16.5. The second-order valence-electron chi connectivity index (χ2n) is 5.08. The first-order valence-corrected chi connectivity index (χ1v) is 6.23. The van der Waals surface area contributed by atoms with E-state index in [4.69, 9.17) is 9.47 Å². The number of hydrogen-bond donors (Lipinski definition) is 2.